The molecule has 0 saturated carbocycles. The Morgan fingerprint density at radius 3 is 3.00 bits per heavy atom. The Morgan fingerprint density at radius 2 is 2.55 bits per heavy atom. The van der Waals surface area contributed by atoms with E-state index in [0.717, 1.165) is 11.8 Å². The fourth-order valence-electron chi connectivity index (χ4n) is 0.814. The molecule has 3 heteroatoms. The van der Waals surface area contributed by atoms with Crippen molar-refractivity contribution in [2.45, 2.75) is 5.25 Å². The van der Waals surface area contributed by atoms with Crippen molar-refractivity contribution < 1.29 is 4.79 Å². The van der Waals surface area contributed by atoms with Crippen LogP contribution >= 0.6 is 11.8 Å². The van der Waals surface area contributed by atoms with E-state index in [2.05, 4.69) is 4.98 Å². The molecule has 0 bridgehead atoms. The van der Waals surface area contributed by atoms with Crippen molar-refractivity contribution in [1.82, 2.24) is 4.98 Å². The van der Waals surface area contributed by atoms with Gasteiger partial charge in [0.2, 0.25) is 0 Å². The molecule has 0 radical (unpaired) electrons. The minimum absolute atomic E-state index is 0.0660. The Hall–Kier alpha value is -0.830. The highest BCUT2D eigenvalue weighted by Gasteiger charge is 2.06. The second-order valence-corrected chi connectivity index (χ2v) is 3.06. The number of nitrogens with zero attached hydrogens (tertiary/aromatic N) is 1. The normalized spacial score (nSPS) is 12.5. The van der Waals surface area contributed by atoms with Gasteiger partial charge in [-0.05, 0) is 17.9 Å². The SMILES string of the molecule is CSC(C=O)c1cccnc1. The molecule has 1 aromatic rings. The first-order valence-corrected chi connectivity index (χ1v) is 4.55. The summed E-state index contributed by atoms with van der Waals surface area (Å²) in [4.78, 5) is 14.4. The van der Waals surface area contributed by atoms with Gasteiger partial charge >= 0.3 is 0 Å². The molecule has 1 rings (SSSR count). The summed E-state index contributed by atoms with van der Waals surface area (Å²) in [5.41, 5.74) is 0.968. The standard InChI is InChI=1S/C8H9NOS/c1-11-8(6-10)7-3-2-4-9-5-7/h2-6,8H,1H3. The Balaban J connectivity index is 2.82. The minimum atomic E-state index is -0.0660. The molecule has 0 N–H and O–H groups in total. The van der Waals surface area contributed by atoms with Gasteiger partial charge in [0.05, 0.1) is 5.25 Å². The van der Waals surface area contributed by atoms with Crippen molar-refractivity contribution in [3.63, 3.8) is 0 Å². The van der Waals surface area contributed by atoms with Crippen LogP contribution in [0.25, 0.3) is 0 Å². The molecule has 0 amide bonds. The summed E-state index contributed by atoms with van der Waals surface area (Å²) in [6.07, 6.45) is 6.26. The van der Waals surface area contributed by atoms with E-state index in [1.165, 1.54) is 11.8 Å². The summed E-state index contributed by atoms with van der Waals surface area (Å²) >= 11 is 1.51. The van der Waals surface area contributed by atoms with E-state index in [1.807, 2.05) is 18.4 Å². The monoisotopic (exact) mass is 167 g/mol. The third-order valence-electron chi connectivity index (χ3n) is 1.39. The van der Waals surface area contributed by atoms with E-state index in [4.69, 9.17) is 0 Å². The average molecular weight is 167 g/mol. The first-order chi connectivity index (χ1) is 5.38. The molecule has 1 unspecified atom stereocenters. The van der Waals surface area contributed by atoms with Gasteiger partial charge in [0.1, 0.15) is 6.29 Å². The molecule has 0 fully saturated rings. The molecule has 11 heavy (non-hydrogen) atoms. The van der Waals surface area contributed by atoms with E-state index < -0.39 is 0 Å². The fraction of sp³-hybridized carbons (Fsp3) is 0.250. The Labute approximate surface area is 70.0 Å². The molecule has 1 atom stereocenters. The van der Waals surface area contributed by atoms with E-state index >= 15 is 0 Å². The first kappa shape index (κ1) is 8.27. The van der Waals surface area contributed by atoms with Crippen LogP contribution in [-0.4, -0.2) is 17.5 Å². The van der Waals surface area contributed by atoms with Crippen molar-refractivity contribution in [1.29, 1.82) is 0 Å². The van der Waals surface area contributed by atoms with E-state index in [0.29, 0.717) is 0 Å². The zero-order valence-corrected chi connectivity index (χ0v) is 7.04. The van der Waals surface area contributed by atoms with Gasteiger partial charge in [-0.15, -0.1) is 11.8 Å². The number of aromatic nitrogens is 1. The highest BCUT2D eigenvalue weighted by atomic mass is 32.2. The van der Waals surface area contributed by atoms with Crippen LogP contribution in [-0.2, 0) is 4.79 Å². The van der Waals surface area contributed by atoms with Crippen LogP contribution in [0.1, 0.15) is 10.8 Å². The van der Waals surface area contributed by atoms with Gasteiger partial charge in [0.25, 0.3) is 0 Å². The molecule has 0 aliphatic heterocycles. The maximum atomic E-state index is 10.5. The number of carbonyl (C=O) groups is 1. The highest BCUT2D eigenvalue weighted by Crippen LogP contribution is 2.22. The van der Waals surface area contributed by atoms with E-state index in [9.17, 15) is 4.79 Å². The lowest BCUT2D eigenvalue weighted by atomic mass is 10.2. The van der Waals surface area contributed by atoms with Gasteiger partial charge in [0.15, 0.2) is 0 Å². The van der Waals surface area contributed by atoms with Gasteiger partial charge in [-0.25, -0.2) is 0 Å². The number of rotatable bonds is 3. The summed E-state index contributed by atoms with van der Waals surface area (Å²) < 4.78 is 0. The highest BCUT2D eigenvalue weighted by molar-refractivity contribution is 7.99. The Bertz CT molecular complexity index is 225. The molecule has 0 aliphatic rings. The predicted molar refractivity (Wildman–Crippen MR) is 46.6 cm³/mol. The first-order valence-electron chi connectivity index (χ1n) is 3.26. The van der Waals surface area contributed by atoms with Gasteiger partial charge in [-0.3, -0.25) is 4.98 Å². The molecule has 0 aliphatic carbocycles. The van der Waals surface area contributed by atoms with Crippen molar-refractivity contribution in [3.05, 3.63) is 30.1 Å². The smallest absolute Gasteiger partial charge is 0.137 e. The summed E-state index contributed by atoms with van der Waals surface area (Å²) in [6.45, 7) is 0. The second-order valence-electron chi connectivity index (χ2n) is 2.08. The van der Waals surface area contributed by atoms with Gasteiger partial charge in [-0.2, -0.15) is 0 Å². The Kier molecular flexibility index (Phi) is 3.11. The van der Waals surface area contributed by atoms with Crippen molar-refractivity contribution >= 4 is 18.0 Å². The van der Waals surface area contributed by atoms with Crippen LogP contribution in [0.5, 0.6) is 0 Å². The van der Waals surface area contributed by atoms with Crippen LogP contribution in [0.15, 0.2) is 24.5 Å². The van der Waals surface area contributed by atoms with Crippen LogP contribution in [0.4, 0.5) is 0 Å². The molecule has 0 spiro atoms. The van der Waals surface area contributed by atoms with Gasteiger partial charge < -0.3 is 4.79 Å². The van der Waals surface area contributed by atoms with E-state index in [1.54, 1.807) is 12.4 Å². The van der Waals surface area contributed by atoms with Crippen LogP contribution in [0, 0.1) is 0 Å². The molecular formula is C8H9NOS. The van der Waals surface area contributed by atoms with Crippen LogP contribution in [0.3, 0.4) is 0 Å². The topological polar surface area (TPSA) is 30.0 Å². The number of aldehydes is 1. The molecule has 0 aromatic carbocycles. The maximum absolute atomic E-state index is 10.5. The summed E-state index contributed by atoms with van der Waals surface area (Å²) in [7, 11) is 0. The number of hydrogen-bond acceptors (Lipinski definition) is 3. The zero-order chi connectivity index (χ0) is 8.10. The van der Waals surface area contributed by atoms with Crippen LogP contribution in [0.2, 0.25) is 0 Å². The number of hydrogen-bond donors (Lipinski definition) is 0. The molecular weight excluding hydrogens is 158 g/mol. The maximum Gasteiger partial charge on any atom is 0.137 e. The average Bonchev–Trinajstić information content (AvgIpc) is 2.09. The minimum Gasteiger partial charge on any atom is -0.302 e. The lowest BCUT2D eigenvalue weighted by Gasteiger charge is -2.04. The van der Waals surface area contributed by atoms with Crippen molar-refractivity contribution in [2.75, 3.05) is 6.26 Å². The lowest BCUT2D eigenvalue weighted by Crippen LogP contribution is -1.94. The van der Waals surface area contributed by atoms with Crippen molar-refractivity contribution in [3.8, 4) is 0 Å². The van der Waals surface area contributed by atoms with Crippen LogP contribution < -0.4 is 0 Å². The molecule has 2 nitrogen and oxygen atoms in total. The third kappa shape index (κ3) is 2.05. The molecule has 1 aromatic heterocycles. The fourth-order valence-corrected chi connectivity index (χ4v) is 1.34. The Morgan fingerprint density at radius 1 is 1.73 bits per heavy atom. The summed E-state index contributed by atoms with van der Waals surface area (Å²) in [6, 6.07) is 3.74. The molecule has 58 valence electrons. The van der Waals surface area contributed by atoms with Crippen molar-refractivity contribution in [2.24, 2.45) is 0 Å². The van der Waals surface area contributed by atoms with Gasteiger partial charge in [0, 0.05) is 12.4 Å². The number of carbonyl (C=O) groups excluding carboxylic acids is 1. The molecule has 1 heterocycles. The van der Waals surface area contributed by atoms with E-state index in [-0.39, 0.29) is 5.25 Å². The largest absolute Gasteiger partial charge is 0.302 e. The summed E-state index contributed by atoms with van der Waals surface area (Å²) in [5, 5.41) is -0.0660. The predicted octanol–water partition coefficient (Wildman–Crippen LogP) is 1.68. The molecule has 0 saturated heterocycles. The third-order valence-corrected chi connectivity index (χ3v) is 2.28. The number of thioether (sulfide) groups is 1. The lowest BCUT2D eigenvalue weighted by molar-refractivity contribution is -0.107. The van der Waals surface area contributed by atoms with Gasteiger partial charge in [-0.1, -0.05) is 6.07 Å². The summed E-state index contributed by atoms with van der Waals surface area (Å²) in [5.74, 6) is 0. The number of pyridine rings is 1. The second kappa shape index (κ2) is 4.13. The zero-order valence-electron chi connectivity index (χ0n) is 6.23. The quantitative estimate of drug-likeness (QED) is 0.642.